The first-order valence-corrected chi connectivity index (χ1v) is 5.28. The zero-order chi connectivity index (χ0) is 11.6. The van der Waals surface area contributed by atoms with Crippen molar-refractivity contribution in [2.75, 3.05) is 25.6 Å². The third-order valence-corrected chi connectivity index (χ3v) is 2.76. The lowest BCUT2D eigenvalue weighted by atomic mass is 9.83. The van der Waals surface area contributed by atoms with Crippen molar-refractivity contribution in [2.45, 2.75) is 26.2 Å². The van der Waals surface area contributed by atoms with Crippen molar-refractivity contribution >= 4 is 5.69 Å². The molecule has 0 aromatic heterocycles. The van der Waals surface area contributed by atoms with Crippen LogP contribution in [0, 0.1) is 6.92 Å². The van der Waals surface area contributed by atoms with Gasteiger partial charge in [-0.25, -0.2) is 0 Å². The van der Waals surface area contributed by atoms with E-state index >= 15 is 0 Å². The molecule has 1 aromatic carbocycles. The van der Waals surface area contributed by atoms with Gasteiger partial charge >= 0.3 is 0 Å². The lowest BCUT2D eigenvalue weighted by Gasteiger charge is -2.28. The normalized spacial score (nSPS) is 11.6. The molecule has 0 aliphatic rings. The van der Waals surface area contributed by atoms with E-state index in [-0.39, 0.29) is 12.0 Å². The molecule has 0 aliphatic carbocycles. The Hall–Kier alpha value is -1.02. The Bertz CT molecular complexity index is 342. The lowest BCUT2D eigenvalue weighted by Crippen LogP contribution is -2.25. The van der Waals surface area contributed by atoms with E-state index in [0.29, 0.717) is 0 Å². The van der Waals surface area contributed by atoms with Crippen LogP contribution in [0.2, 0.25) is 0 Å². The van der Waals surface area contributed by atoms with Gasteiger partial charge in [-0.2, -0.15) is 0 Å². The summed E-state index contributed by atoms with van der Waals surface area (Å²) in [6.45, 7) is 6.37. The summed E-state index contributed by atoms with van der Waals surface area (Å²) in [6, 6.07) is 6.37. The smallest absolute Gasteiger partial charge is 0.0523 e. The Morgan fingerprint density at radius 3 is 2.33 bits per heavy atom. The van der Waals surface area contributed by atoms with E-state index in [1.165, 1.54) is 16.8 Å². The standard InChI is InChI=1S/C13H21NO/c1-10-6-7-11(13(2,3)9-15)12(8-10)14(4)5/h6-8,15H,9H2,1-5H3. The number of hydrogen-bond acceptors (Lipinski definition) is 2. The second kappa shape index (κ2) is 4.23. The summed E-state index contributed by atoms with van der Waals surface area (Å²) >= 11 is 0. The lowest BCUT2D eigenvalue weighted by molar-refractivity contribution is 0.218. The van der Waals surface area contributed by atoms with E-state index in [1.807, 2.05) is 14.1 Å². The first kappa shape index (κ1) is 12.1. The number of rotatable bonds is 3. The Morgan fingerprint density at radius 2 is 1.87 bits per heavy atom. The Morgan fingerprint density at radius 1 is 1.27 bits per heavy atom. The van der Waals surface area contributed by atoms with Crippen molar-refractivity contribution < 1.29 is 5.11 Å². The fourth-order valence-electron chi connectivity index (χ4n) is 1.67. The van der Waals surface area contributed by atoms with Crippen LogP contribution >= 0.6 is 0 Å². The van der Waals surface area contributed by atoms with Crippen LogP contribution in [0.4, 0.5) is 5.69 Å². The zero-order valence-electron chi connectivity index (χ0n) is 10.3. The van der Waals surface area contributed by atoms with Gasteiger partial charge in [-0.15, -0.1) is 0 Å². The third kappa shape index (κ3) is 2.51. The molecule has 0 fully saturated rings. The van der Waals surface area contributed by atoms with Gasteiger partial charge in [-0.3, -0.25) is 0 Å². The molecule has 0 bridgehead atoms. The molecule has 2 heteroatoms. The minimum absolute atomic E-state index is 0.164. The van der Waals surface area contributed by atoms with Gasteiger partial charge in [0.1, 0.15) is 0 Å². The highest BCUT2D eigenvalue weighted by atomic mass is 16.3. The highest BCUT2D eigenvalue weighted by molar-refractivity contribution is 5.57. The van der Waals surface area contributed by atoms with Crippen LogP contribution in [0.15, 0.2) is 18.2 Å². The van der Waals surface area contributed by atoms with Gasteiger partial charge < -0.3 is 10.0 Å². The van der Waals surface area contributed by atoms with Crippen molar-refractivity contribution in [3.63, 3.8) is 0 Å². The summed E-state index contributed by atoms with van der Waals surface area (Å²) in [6.07, 6.45) is 0. The van der Waals surface area contributed by atoms with Crippen molar-refractivity contribution in [1.29, 1.82) is 0 Å². The van der Waals surface area contributed by atoms with Gasteiger partial charge in [-0.1, -0.05) is 26.0 Å². The highest BCUT2D eigenvalue weighted by Gasteiger charge is 2.23. The average molecular weight is 207 g/mol. The molecule has 1 N–H and O–H groups in total. The van der Waals surface area contributed by atoms with Gasteiger partial charge in [0.25, 0.3) is 0 Å². The van der Waals surface area contributed by atoms with Crippen molar-refractivity contribution in [3.8, 4) is 0 Å². The molecule has 15 heavy (non-hydrogen) atoms. The van der Waals surface area contributed by atoms with Gasteiger partial charge in [0.2, 0.25) is 0 Å². The number of nitrogens with zero attached hydrogens (tertiary/aromatic N) is 1. The van der Waals surface area contributed by atoms with Crippen LogP contribution in [0.25, 0.3) is 0 Å². The van der Waals surface area contributed by atoms with Gasteiger partial charge in [-0.05, 0) is 24.1 Å². The molecule has 0 atom stereocenters. The number of aliphatic hydroxyl groups excluding tert-OH is 1. The third-order valence-electron chi connectivity index (χ3n) is 2.76. The van der Waals surface area contributed by atoms with E-state index < -0.39 is 0 Å². The first-order valence-electron chi connectivity index (χ1n) is 5.28. The van der Waals surface area contributed by atoms with Crippen molar-refractivity contribution in [2.24, 2.45) is 0 Å². The van der Waals surface area contributed by atoms with Crippen LogP contribution < -0.4 is 4.90 Å². The molecule has 0 aliphatic heterocycles. The Balaban J connectivity index is 3.29. The Labute approximate surface area is 92.5 Å². The monoisotopic (exact) mass is 207 g/mol. The van der Waals surface area contributed by atoms with E-state index in [2.05, 4.69) is 43.9 Å². The van der Waals surface area contributed by atoms with Crippen LogP contribution in [-0.4, -0.2) is 25.8 Å². The topological polar surface area (TPSA) is 23.5 Å². The molecule has 0 heterocycles. The Kier molecular flexibility index (Phi) is 3.40. The predicted molar refractivity (Wildman–Crippen MR) is 65.6 cm³/mol. The van der Waals surface area contributed by atoms with Crippen LogP contribution in [0.3, 0.4) is 0 Å². The fraction of sp³-hybridized carbons (Fsp3) is 0.538. The first-order chi connectivity index (χ1) is 6.88. The minimum Gasteiger partial charge on any atom is -0.395 e. The average Bonchev–Trinajstić information content (AvgIpc) is 2.17. The summed E-state index contributed by atoms with van der Waals surface area (Å²) in [5, 5.41) is 9.40. The van der Waals surface area contributed by atoms with Gasteiger partial charge in [0.15, 0.2) is 0 Å². The molecule has 0 unspecified atom stereocenters. The second-order valence-corrected chi connectivity index (χ2v) is 4.96. The molecule has 0 spiro atoms. The zero-order valence-corrected chi connectivity index (χ0v) is 10.3. The van der Waals surface area contributed by atoms with Gasteiger partial charge in [0.05, 0.1) is 6.61 Å². The number of aliphatic hydroxyl groups is 1. The molecule has 2 nitrogen and oxygen atoms in total. The maximum absolute atomic E-state index is 9.40. The minimum atomic E-state index is -0.187. The van der Waals surface area contributed by atoms with E-state index in [1.54, 1.807) is 0 Å². The summed E-state index contributed by atoms with van der Waals surface area (Å²) in [5.74, 6) is 0. The van der Waals surface area contributed by atoms with E-state index in [0.717, 1.165) is 0 Å². The number of hydrogen-bond donors (Lipinski definition) is 1. The van der Waals surface area contributed by atoms with Crippen LogP contribution in [0.1, 0.15) is 25.0 Å². The van der Waals surface area contributed by atoms with Crippen LogP contribution in [0.5, 0.6) is 0 Å². The molecule has 0 radical (unpaired) electrons. The summed E-state index contributed by atoms with van der Waals surface area (Å²) in [5.41, 5.74) is 3.44. The quantitative estimate of drug-likeness (QED) is 0.822. The molecular weight excluding hydrogens is 186 g/mol. The molecule has 0 saturated carbocycles. The SMILES string of the molecule is Cc1ccc(C(C)(C)CO)c(N(C)C)c1. The van der Waals surface area contributed by atoms with Crippen LogP contribution in [-0.2, 0) is 5.41 Å². The van der Waals surface area contributed by atoms with E-state index in [4.69, 9.17) is 0 Å². The molecule has 84 valence electrons. The highest BCUT2D eigenvalue weighted by Crippen LogP contribution is 2.31. The maximum atomic E-state index is 9.40. The second-order valence-electron chi connectivity index (χ2n) is 4.96. The summed E-state index contributed by atoms with van der Waals surface area (Å²) in [7, 11) is 4.07. The largest absolute Gasteiger partial charge is 0.395 e. The van der Waals surface area contributed by atoms with E-state index in [9.17, 15) is 5.11 Å². The summed E-state index contributed by atoms with van der Waals surface area (Å²) < 4.78 is 0. The molecular formula is C13H21NO. The molecule has 0 saturated heterocycles. The fourth-order valence-corrected chi connectivity index (χ4v) is 1.67. The van der Waals surface area contributed by atoms with Crippen molar-refractivity contribution in [3.05, 3.63) is 29.3 Å². The number of benzene rings is 1. The molecule has 1 rings (SSSR count). The number of anilines is 1. The van der Waals surface area contributed by atoms with Crippen molar-refractivity contribution in [1.82, 2.24) is 0 Å². The predicted octanol–water partition coefficient (Wildman–Crippen LogP) is 2.33. The number of aryl methyl sites for hydroxylation is 1. The maximum Gasteiger partial charge on any atom is 0.0523 e. The summed E-state index contributed by atoms with van der Waals surface area (Å²) in [4.78, 5) is 2.10. The molecule has 1 aromatic rings. The van der Waals surface area contributed by atoms with Gasteiger partial charge in [0, 0.05) is 25.2 Å². The molecule has 0 amide bonds.